The Labute approximate surface area is 185 Å². The van der Waals surface area contributed by atoms with Gasteiger partial charge in [0.2, 0.25) is 5.91 Å². The zero-order valence-electron chi connectivity index (χ0n) is 17.4. The van der Waals surface area contributed by atoms with Crippen LogP contribution in [-0.4, -0.2) is 54.0 Å². The number of thiol groups is 1. The van der Waals surface area contributed by atoms with Crippen molar-refractivity contribution in [2.45, 2.75) is 25.3 Å². The molecule has 1 amide bonds. The molecule has 0 unspecified atom stereocenters. The minimum atomic E-state index is 0.0399. The lowest BCUT2D eigenvalue weighted by atomic mass is 10.1. The number of carbonyl (C=O) groups is 1. The lowest BCUT2D eigenvalue weighted by molar-refractivity contribution is -0.132. The smallest absolute Gasteiger partial charge is 0.223 e. The van der Waals surface area contributed by atoms with Gasteiger partial charge in [0.1, 0.15) is 17.8 Å². The fraction of sp³-hybridized carbons (Fsp3) is 0.364. The monoisotopic (exact) mass is 435 g/mol. The van der Waals surface area contributed by atoms with Gasteiger partial charge in [0.05, 0.1) is 11.4 Å². The third kappa shape index (κ3) is 3.33. The minimum absolute atomic E-state index is 0.0399. The molecule has 8 nitrogen and oxygen atoms in total. The molecule has 160 valence electrons. The number of hydrogen-bond acceptors (Lipinski definition) is 6. The van der Waals surface area contributed by atoms with Crippen LogP contribution in [0.5, 0.6) is 0 Å². The van der Waals surface area contributed by atoms with E-state index >= 15 is 0 Å². The van der Waals surface area contributed by atoms with Gasteiger partial charge in [-0.2, -0.15) is 17.7 Å². The van der Waals surface area contributed by atoms with Gasteiger partial charge >= 0.3 is 0 Å². The Kier molecular flexibility index (Phi) is 5.05. The summed E-state index contributed by atoms with van der Waals surface area (Å²) in [6, 6.07) is 8.27. The fourth-order valence-electron chi connectivity index (χ4n) is 4.60. The number of fused-ring (bicyclic) bond motifs is 2. The van der Waals surface area contributed by atoms with Crippen LogP contribution in [0.2, 0.25) is 0 Å². The molecule has 1 aliphatic rings. The quantitative estimate of drug-likeness (QED) is 0.481. The first-order chi connectivity index (χ1) is 15.1. The van der Waals surface area contributed by atoms with E-state index in [-0.39, 0.29) is 11.9 Å². The molecule has 9 heteroatoms. The van der Waals surface area contributed by atoms with Crippen LogP contribution in [0.3, 0.4) is 0 Å². The Hall–Kier alpha value is -3.07. The highest BCUT2D eigenvalue weighted by atomic mass is 32.1. The molecular weight excluding hydrogens is 410 g/mol. The molecule has 3 aromatic heterocycles. The number of nitrogens with two attached hydrogens (primary N) is 1. The SMILES string of the molecule is Cn1cc(-c2nn([C@@H]3CCCN(C(=O)CCS)C3)c3ncnc(N)c23)c2ccccc21. The molecule has 1 fully saturated rings. The van der Waals surface area contributed by atoms with E-state index in [4.69, 9.17) is 10.8 Å². The summed E-state index contributed by atoms with van der Waals surface area (Å²) < 4.78 is 4.04. The average molecular weight is 436 g/mol. The van der Waals surface area contributed by atoms with Crippen LogP contribution in [0.4, 0.5) is 5.82 Å². The summed E-state index contributed by atoms with van der Waals surface area (Å²) in [6.45, 7) is 1.39. The largest absolute Gasteiger partial charge is 0.383 e. The van der Waals surface area contributed by atoms with E-state index in [0.717, 1.165) is 46.9 Å². The summed E-state index contributed by atoms with van der Waals surface area (Å²) in [4.78, 5) is 23.2. The highest BCUT2D eigenvalue weighted by molar-refractivity contribution is 7.80. The van der Waals surface area contributed by atoms with E-state index in [9.17, 15) is 4.79 Å². The lowest BCUT2D eigenvalue weighted by Crippen LogP contribution is -2.41. The fourth-order valence-corrected chi connectivity index (χ4v) is 4.79. The number of piperidine rings is 1. The first-order valence-electron chi connectivity index (χ1n) is 10.5. The highest BCUT2D eigenvalue weighted by Crippen LogP contribution is 2.37. The summed E-state index contributed by atoms with van der Waals surface area (Å²) in [6.07, 6.45) is 5.86. The molecule has 0 radical (unpaired) electrons. The summed E-state index contributed by atoms with van der Waals surface area (Å²) in [5.74, 6) is 1.11. The Morgan fingerprint density at radius 1 is 1.29 bits per heavy atom. The molecule has 1 aliphatic heterocycles. The number of aromatic nitrogens is 5. The van der Waals surface area contributed by atoms with Crippen molar-refractivity contribution < 1.29 is 4.79 Å². The minimum Gasteiger partial charge on any atom is -0.383 e. The van der Waals surface area contributed by atoms with Crippen molar-refractivity contribution >= 4 is 46.3 Å². The van der Waals surface area contributed by atoms with Crippen molar-refractivity contribution in [2.75, 3.05) is 24.6 Å². The van der Waals surface area contributed by atoms with Gasteiger partial charge in [-0.25, -0.2) is 14.6 Å². The number of anilines is 1. The highest BCUT2D eigenvalue weighted by Gasteiger charge is 2.29. The topological polar surface area (TPSA) is 94.9 Å². The first-order valence-corrected chi connectivity index (χ1v) is 11.1. The van der Waals surface area contributed by atoms with Crippen LogP contribution in [0.1, 0.15) is 25.3 Å². The number of aryl methyl sites for hydroxylation is 1. The molecule has 1 saturated heterocycles. The summed E-state index contributed by atoms with van der Waals surface area (Å²) in [7, 11) is 2.02. The van der Waals surface area contributed by atoms with E-state index in [1.807, 2.05) is 28.8 Å². The number of hydrogen-bond donors (Lipinski definition) is 2. The predicted octanol–water partition coefficient (Wildman–Crippen LogP) is 3.05. The van der Waals surface area contributed by atoms with E-state index in [2.05, 4.69) is 45.5 Å². The number of nitrogen functional groups attached to an aromatic ring is 1. The Morgan fingerprint density at radius 2 is 2.13 bits per heavy atom. The van der Waals surface area contributed by atoms with E-state index in [0.29, 0.717) is 30.2 Å². The number of amides is 1. The van der Waals surface area contributed by atoms with Crippen LogP contribution in [0, 0.1) is 0 Å². The van der Waals surface area contributed by atoms with Gasteiger partial charge in [-0.05, 0) is 24.7 Å². The average Bonchev–Trinajstić information content (AvgIpc) is 3.33. The third-order valence-corrected chi connectivity index (χ3v) is 6.31. The first kappa shape index (κ1) is 19.9. The molecule has 0 bridgehead atoms. The van der Waals surface area contributed by atoms with Gasteiger partial charge in [0.25, 0.3) is 0 Å². The van der Waals surface area contributed by atoms with Crippen LogP contribution in [-0.2, 0) is 11.8 Å². The van der Waals surface area contributed by atoms with Crippen molar-refractivity contribution in [2.24, 2.45) is 7.05 Å². The number of carbonyl (C=O) groups excluding carboxylic acids is 1. The Morgan fingerprint density at radius 3 is 2.97 bits per heavy atom. The molecule has 2 N–H and O–H groups in total. The van der Waals surface area contributed by atoms with E-state index in [1.54, 1.807) is 0 Å². The van der Waals surface area contributed by atoms with E-state index in [1.165, 1.54) is 6.33 Å². The maximum Gasteiger partial charge on any atom is 0.223 e. The van der Waals surface area contributed by atoms with Crippen molar-refractivity contribution in [3.8, 4) is 11.3 Å². The number of likely N-dealkylation sites (tertiary alicyclic amines) is 1. The van der Waals surface area contributed by atoms with Gasteiger partial charge in [0, 0.05) is 49.2 Å². The van der Waals surface area contributed by atoms with Crippen LogP contribution >= 0.6 is 12.6 Å². The molecule has 0 aliphatic carbocycles. The number of benzene rings is 1. The third-order valence-electron chi connectivity index (χ3n) is 6.09. The van der Waals surface area contributed by atoms with Crippen LogP contribution < -0.4 is 5.73 Å². The van der Waals surface area contributed by atoms with Gasteiger partial charge in [-0.15, -0.1) is 0 Å². The predicted molar refractivity (Wildman–Crippen MR) is 125 cm³/mol. The molecule has 31 heavy (non-hydrogen) atoms. The molecule has 5 rings (SSSR count). The zero-order chi connectivity index (χ0) is 21.5. The van der Waals surface area contributed by atoms with Crippen molar-refractivity contribution in [1.82, 2.24) is 29.2 Å². The van der Waals surface area contributed by atoms with E-state index < -0.39 is 0 Å². The van der Waals surface area contributed by atoms with Gasteiger partial charge in [-0.1, -0.05) is 18.2 Å². The Bertz CT molecular complexity index is 1280. The number of nitrogens with zero attached hydrogens (tertiary/aromatic N) is 6. The van der Waals surface area contributed by atoms with Crippen molar-refractivity contribution in [3.05, 3.63) is 36.8 Å². The standard InChI is InChI=1S/C22H25N7OS/c1-27-12-16(15-6-2-3-7-17(15)27)20-19-21(23)24-13-25-22(19)29(26-20)14-5-4-9-28(11-14)18(30)8-10-31/h2-3,6-7,12-14,31H,4-5,8-11H2,1H3,(H2,23,24,25)/t14-/m1/s1. The second-order valence-corrected chi connectivity index (χ2v) is 8.48. The normalized spacial score (nSPS) is 17.0. The molecule has 4 aromatic rings. The molecule has 4 heterocycles. The second kappa shape index (κ2) is 7.88. The van der Waals surface area contributed by atoms with Crippen LogP contribution in [0.25, 0.3) is 33.2 Å². The van der Waals surface area contributed by atoms with Crippen molar-refractivity contribution in [1.29, 1.82) is 0 Å². The maximum absolute atomic E-state index is 12.5. The zero-order valence-corrected chi connectivity index (χ0v) is 18.3. The molecular formula is C22H25N7OS. The van der Waals surface area contributed by atoms with Gasteiger partial charge < -0.3 is 15.2 Å². The molecule has 1 atom stereocenters. The Balaban J connectivity index is 1.64. The molecule has 0 spiro atoms. The maximum atomic E-state index is 12.5. The summed E-state index contributed by atoms with van der Waals surface area (Å²) in [5.41, 5.74) is 9.94. The summed E-state index contributed by atoms with van der Waals surface area (Å²) >= 11 is 4.21. The van der Waals surface area contributed by atoms with Crippen molar-refractivity contribution in [3.63, 3.8) is 0 Å². The number of para-hydroxylation sites is 1. The van der Waals surface area contributed by atoms with Gasteiger partial charge in [0.15, 0.2) is 5.65 Å². The lowest BCUT2D eigenvalue weighted by Gasteiger charge is -2.33. The summed E-state index contributed by atoms with van der Waals surface area (Å²) in [5, 5.41) is 6.88. The van der Waals surface area contributed by atoms with Gasteiger partial charge in [-0.3, -0.25) is 4.79 Å². The second-order valence-electron chi connectivity index (χ2n) is 8.03. The molecule has 1 aromatic carbocycles. The number of rotatable bonds is 4. The van der Waals surface area contributed by atoms with Crippen LogP contribution in [0.15, 0.2) is 36.8 Å². The molecule has 0 saturated carbocycles.